The van der Waals surface area contributed by atoms with Gasteiger partial charge in [0.15, 0.2) is 5.01 Å². The van der Waals surface area contributed by atoms with E-state index in [9.17, 15) is 8.42 Å². The molecule has 1 fully saturated rings. The monoisotopic (exact) mass is 406 g/mol. The van der Waals surface area contributed by atoms with Gasteiger partial charge in [0.2, 0.25) is 15.2 Å². The highest BCUT2D eigenvalue weighted by molar-refractivity contribution is 7.89. The molecular weight excluding hydrogens is 388 g/mol. The van der Waals surface area contributed by atoms with E-state index in [1.807, 2.05) is 36.6 Å². The molecule has 3 heterocycles. The van der Waals surface area contributed by atoms with Crippen molar-refractivity contribution >= 4 is 37.8 Å². The van der Waals surface area contributed by atoms with E-state index >= 15 is 0 Å². The zero-order valence-electron chi connectivity index (χ0n) is 14.2. The molecule has 0 unspecified atom stereocenters. The van der Waals surface area contributed by atoms with Crippen LogP contribution >= 0.6 is 22.7 Å². The summed E-state index contributed by atoms with van der Waals surface area (Å²) >= 11 is 3.19. The maximum atomic E-state index is 12.8. The Labute approximate surface area is 160 Å². The van der Waals surface area contributed by atoms with Gasteiger partial charge in [-0.3, -0.25) is 0 Å². The number of anilines is 1. The first-order valence-electron chi connectivity index (χ1n) is 8.23. The molecular formula is C17H18N4O2S3. The second-order valence-electron chi connectivity index (χ2n) is 6.07. The molecule has 0 N–H and O–H groups in total. The minimum absolute atomic E-state index is 0.354. The molecule has 0 bridgehead atoms. The lowest BCUT2D eigenvalue weighted by Gasteiger charge is -2.33. The largest absolute Gasteiger partial charge is 0.344 e. The molecule has 26 heavy (non-hydrogen) atoms. The number of aryl methyl sites for hydroxylation is 1. The van der Waals surface area contributed by atoms with E-state index in [-0.39, 0.29) is 0 Å². The Morgan fingerprint density at radius 3 is 2.38 bits per heavy atom. The molecule has 0 amide bonds. The van der Waals surface area contributed by atoms with Gasteiger partial charge in [0.1, 0.15) is 0 Å². The highest BCUT2D eigenvalue weighted by Gasteiger charge is 2.29. The number of hydrogen-bond donors (Lipinski definition) is 0. The van der Waals surface area contributed by atoms with Gasteiger partial charge in [0.05, 0.1) is 9.77 Å². The molecule has 9 heteroatoms. The molecule has 1 aliphatic heterocycles. The Balaban J connectivity index is 1.45. The Bertz CT molecular complexity index is 973. The number of nitrogens with zero attached hydrogens (tertiary/aromatic N) is 4. The number of sulfonamides is 1. The molecule has 1 saturated heterocycles. The third kappa shape index (κ3) is 3.39. The first-order valence-corrected chi connectivity index (χ1v) is 11.4. The van der Waals surface area contributed by atoms with E-state index in [2.05, 4.69) is 15.1 Å². The molecule has 0 aliphatic carbocycles. The van der Waals surface area contributed by atoms with Gasteiger partial charge in [-0.25, -0.2) is 8.42 Å². The van der Waals surface area contributed by atoms with Crippen molar-refractivity contribution in [3.8, 4) is 9.88 Å². The molecule has 0 radical (unpaired) electrons. The molecule has 0 saturated carbocycles. The van der Waals surface area contributed by atoms with Crippen LogP contribution in [0.15, 0.2) is 46.7 Å². The summed E-state index contributed by atoms with van der Waals surface area (Å²) in [5.41, 5.74) is 1.05. The summed E-state index contributed by atoms with van der Waals surface area (Å²) in [4.78, 5) is 3.57. The highest BCUT2D eigenvalue weighted by Crippen LogP contribution is 2.32. The van der Waals surface area contributed by atoms with Gasteiger partial charge in [0, 0.05) is 26.2 Å². The molecule has 0 spiro atoms. The average molecular weight is 407 g/mol. The normalized spacial score (nSPS) is 16.1. The van der Waals surface area contributed by atoms with E-state index in [4.69, 9.17) is 0 Å². The first-order chi connectivity index (χ1) is 12.5. The lowest BCUT2D eigenvalue weighted by atomic mass is 10.2. The van der Waals surface area contributed by atoms with Crippen LogP contribution in [-0.4, -0.2) is 49.1 Å². The van der Waals surface area contributed by atoms with Gasteiger partial charge in [-0.2, -0.15) is 4.31 Å². The minimum atomic E-state index is -3.44. The summed E-state index contributed by atoms with van der Waals surface area (Å²) in [5, 5.41) is 12.3. The van der Waals surface area contributed by atoms with Gasteiger partial charge in [-0.1, -0.05) is 35.1 Å². The van der Waals surface area contributed by atoms with Gasteiger partial charge in [0.25, 0.3) is 0 Å². The van der Waals surface area contributed by atoms with E-state index in [1.54, 1.807) is 39.1 Å². The first kappa shape index (κ1) is 17.6. The molecule has 3 aromatic rings. The smallest absolute Gasteiger partial charge is 0.243 e. The number of thiophene rings is 1. The summed E-state index contributed by atoms with van der Waals surface area (Å²) in [5.74, 6) is 0. The number of rotatable bonds is 4. The van der Waals surface area contributed by atoms with Crippen molar-refractivity contribution in [1.29, 1.82) is 0 Å². The molecule has 6 nitrogen and oxygen atoms in total. The average Bonchev–Trinajstić information content (AvgIpc) is 3.34. The molecule has 136 valence electrons. The zero-order chi connectivity index (χ0) is 18.1. The van der Waals surface area contributed by atoms with E-state index in [0.717, 1.165) is 20.6 Å². The highest BCUT2D eigenvalue weighted by atomic mass is 32.2. The lowest BCUT2D eigenvalue weighted by Crippen LogP contribution is -2.48. The van der Waals surface area contributed by atoms with Crippen LogP contribution in [-0.2, 0) is 10.0 Å². The minimum Gasteiger partial charge on any atom is -0.344 e. The molecule has 4 rings (SSSR count). The Morgan fingerprint density at radius 2 is 1.73 bits per heavy atom. The van der Waals surface area contributed by atoms with Crippen LogP contribution in [0.2, 0.25) is 0 Å². The van der Waals surface area contributed by atoms with Gasteiger partial charge in [-0.15, -0.1) is 21.5 Å². The quantitative estimate of drug-likeness (QED) is 0.666. The summed E-state index contributed by atoms with van der Waals surface area (Å²) in [6, 6.07) is 11.0. The number of piperazine rings is 1. The molecule has 0 atom stereocenters. The predicted octanol–water partition coefficient (Wildman–Crippen LogP) is 3.09. The van der Waals surface area contributed by atoms with E-state index in [0.29, 0.717) is 31.1 Å². The summed E-state index contributed by atoms with van der Waals surface area (Å²) in [7, 11) is -3.44. The van der Waals surface area contributed by atoms with Crippen LogP contribution in [0.5, 0.6) is 0 Å². The fourth-order valence-electron chi connectivity index (χ4n) is 2.82. The number of aromatic nitrogens is 2. The maximum absolute atomic E-state index is 12.8. The lowest BCUT2D eigenvalue weighted by molar-refractivity contribution is 0.384. The Kier molecular flexibility index (Phi) is 4.78. The Hall–Kier alpha value is -1.81. The van der Waals surface area contributed by atoms with Crippen LogP contribution < -0.4 is 4.90 Å². The summed E-state index contributed by atoms with van der Waals surface area (Å²) < 4.78 is 27.1. The number of benzene rings is 1. The van der Waals surface area contributed by atoms with Crippen LogP contribution in [0.25, 0.3) is 9.88 Å². The van der Waals surface area contributed by atoms with Crippen molar-refractivity contribution in [2.75, 3.05) is 31.1 Å². The fourth-order valence-corrected chi connectivity index (χ4v) is 5.93. The number of hydrogen-bond acceptors (Lipinski definition) is 7. The summed E-state index contributed by atoms with van der Waals surface area (Å²) in [6.45, 7) is 4.07. The third-order valence-electron chi connectivity index (χ3n) is 4.31. The maximum Gasteiger partial charge on any atom is 0.243 e. The molecule has 1 aliphatic rings. The van der Waals surface area contributed by atoms with E-state index < -0.39 is 10.0 Å². The predicted molar refractivity (Wildman–Crippen MR) is 105 cm³/mol. The van der Waals surface area contributed by atoms with Gasteiger partial charge in [-0.05, 0) is 30.5 Å². The van der Waals surface area contributed by atoms with Crippen LogP contribution in [0.3, 0.4) is 0 Å². The summed E-state index contributed by atoms with van der Waals surface area (Å²) in [6.07, 6.45) is 0. The molecule has 1 aromatic carbocycles. The van der Waals surface area contributed by atoms with Crippen LogP contribution in [0.1, 0.15) is 5.56 Å². The molecule has 2 aromatic heterocycles. The second-order valence-corrected chi connectivity index (χ2v) is 9.91. The second kappa shape index (κ2) is 7.07. The SMILES string of the molecule is Cc1ccc(S(=O)(=O)N2CCN(c3nnc(-c4cccs4)s3)CC2)cc1. The van der Waals surface area contributed by atoms with Crippen molar-refractivity contribution in [3.63, 3.8) is 0 Å². The Morgan fingerprint density at radius 1 is 1.00 bits per heavy atom. The van der Waals surface area contributed by atoms with Crippen LogP contribution in [0, 0.1) is 6.92 Å². The van der Waals surface area contributed by atoms with Gasteiger partial charge >= 0.3 is 0 Å². The van der Waals surface area contributed by atoms with Gasteiger partial charge < -0.3 is 4.90 Å². The third-order valence-corrected chi connectivity index (χ3v) is 8.25. The zero-order valence-corrected chi connectivity index (χ0v) is 16.6. The van der Waals surface area contributed by atoms with E-state index in [1.165, 1.54) is 0 Å². The fraction of sp³-hybridized carbons (Fsp3) is 0.294. The van der Waals surface area contributed by atoms with Crippen molar-refractivity contribution in [2.24, 2.45) is 0 Å². The van der Waals surface area contributed by atoms with Crippen molar-refractivity contribution in [1.82, 2.24) is 14.5 Å². The standard InChI is InChI=1S/C17H18N4O2S3/c1-13-4-6-14(7-5-13)26(22,23)21-10-8-20(9-11-21)17-19-18-16(25-17)15-3-2-12-24-15/h2-7,12H,8-11H2,1H3. The van der Waals surface area contributed by atoms with Crippen LogP contribution in [0.4, 0.5) is 5.13 Å². The topological polar surface area (TPSA) is 66.4 Å². The van der Waals surface area contributed by atoms with Crippen molar-refractivity contribution in [3.05, 3.63) is 47.3 Å². The van der Waals surface area contributed by atoms with Crippen molar-refractivity contribution < 1.29 is 8.42 Å². The van der Waals surface area contributed by atoms with Crippen molar-refractivity contribution in [2.45, 2.75) is 11.8 Å².